The Bertz CT molecular complexity index is 777. The zero-order valence-electron chi connectivity index (χ0n) is 19.2. The normalized spacial score (nSPS) is 22.1. The van der Waals surface area contributed by atoms with E-state index in [9.17, 15) is 15.0 Å². The molecule has 0 aliphatic heterocycles. The Balaban J connectivity index is 1.69. The molecular formula is C29H38O3. The first-order chi connectivity index (χ1) is 15.5. The van der Waals surface area contributed by atoms with Crippen LogP contribution >= 0.6 is 0 Å². The first-order valence-corrected chi connectivity index (χ1v) is 12.6. The molecule has 2 atom stereocenters. The number of ketones is 1. The Morgan fingerprint density at radius 1 is 0.625 bits per heavy atom. The maximum atomic E-state index is 14.3. The molecule has 0 bridgehead atoms. The van der Waals surface area contributed by atoms with Crippen LogP contribution in [0.2, 0.25) is 0 Å². The molecule has 4 rings (SSSR count). The summed E-state index contributed by atoms with van der Waals surface area (Å²) >= 11 is 0. The van der Waals surface area contributed by atoms with Crippen LogP contribution in [0.15, 0.2) is 60.7 Å². The Kier molecular flexibility index (Phi) is 7.48. The van der Waals surface area contributed by atoms with Gasteiger partial charge in [0.1, 0.15) is 5.78 Å². The van der Waals surface area contributed by atoms with E-state index in [4.69, 9.17) is 0 Å². The molecule has 3 heteroatoms. The lowest BCUT2D eigenvalue weighted by atomic mass is 9.64. The summed E-state index contributed by atoms with van der Waals surface area (Å²) in [5.41, 5.74) is 0.203. The van der Waals surface area contributed by atoms with Gasteiger partial charge in [0.15, 0.2) is 0 Å². The lowest BCUT2D eigenvalue weighted by Gasteiger charge is -2.44. The second-order valence-electron chi connectivity index (χ2n) is 10.2. The Hall–Kier alpha value is -1.97. The average Bonchev–Trinajstić information content (AvgIpc) is 2.83. The molecule has 172 valence electrons. The number of rotatable bonds is 8. The Labute approximate surface area is 192 Å². The fourth-order valence-electron chi connectivity index (χ4n) is 6.08. The van der Waals surface area contributed by atoms with Gasteiger partial charge < -0.3 is 10.2 Å². The monoisotopic (exact) mass is 434 g/mol. The second kappa shape index (κ2) is 10.3. The number of carbonyl (C=O) groups excluding carboxylic acids is 1. The number of carbonyl (C=O) groups is 1. The van der Waals surface area contributed by atoms with Gasteiger partial charge in [-0.05, 0) is 49.7 Å². The highest BCUT2D eigenvalue weighted by atomic mass is 16.3. The summed E-state index contributed by atoms with van der Waals surface area (Å²) < 4.78 is 0. The lowest BCUT2D eigenvalue weighted by molar-refractivity contribution is -0.151. The molecule has 0 amide bonds. The molecule has 2 fully saturated rings. The van der Waals surface area contributed by atoms with Gasteiger partial charge in [-0.25, -0.2) is 0 Å². The fraction of sp³-hybridized carbons (Fsp3) is 0.552. The number of benzene rings is 2. The number of Topliss-reactive ketones (excluding diaryl/α,β-unsaturated/α-hetero) is 1. The zero-order valence-corrected chi connectivity index (χ0v) is 19.2. The van der Waals surface area contributed by atoms with Crippen molar-refractivity contribution in [2.45, 2.75) is 88.3 Å². The predicted molar refractivity (Wildman–Crippen MR) is 128 cm³/mol. The minimum atomic E-state index is -0.981. The maximum absolute atomic E-state index is 14.3. The minimum Gasteiger partial charge on any atom is -0.389 e. The molecule has 0 saturated heterocycles. The summed E-state index contributed by atoms with van der Waals surface area (Å²) in [5.74, 6) is -0.902. The highest BCUT2D eigenvalue weighted by molar-refractivity contribution is 5.86. The van der Waals surface area contributed by atoms with Crippen LogP contribution in [0.25, 0.3) is 0 Å². The summed E-state index contributed by atoms with van der Waals surface area (Å²) in [6.07, 6.45) is 9.85. The first-order valence-electron chi connectivity index (χ1n) is 12.6. The third kappa shape index (κ3) is 5.32. The maximum Gasteiger partial charge on any atom is 0.145 e. The standard InChI is InChI=1S/C29H38O3/c30-27(25(21-23-13-5-1-6-14-23)28(31)17-9-3-10-18-28)26(22-24-15-7-2-8-16-24)29(32)19-11-4-12-20-29/h1-2,5-8,13-16,25-26,31-32H,3-4,9-12,17-22H2. The summed E-state index contributed by atoms with van der Waals surface area (Å²) in [6, 6.07) is 20.2. The van der Waals surface area contributed by atoms with Crippen LogP contribution in [0.1, 0.15) is 75.3 Å². The smallest absolute Gasteiger partial charge is 0.145 e. The van der Waals surface area contributed by atoms with Crippen LogP contribution in [-0.2, 0) is 17.6 Å². The molecule has 2 N–H and O–H groups in total. The molecular weight excluding hydrogens is 396 g/mol. The third-order valence-electron chi connectivity index (χ3n) is 7.99. The van der Waals surface area contributed by atoms with E-state index in [1.807, 2.05) is 60.7 Å². The van der Waals surface area contributed by atoms with Crippen molar-refractivity contribution in [3.63, 3.8) is 0 Å². The molecule has 3 nitrogen and oxygen atoms in total. The topological polar surface area (TPSA) is 57.5 Å². The summed E-state index contributed by atoms with van der Waals surface area (Å²) in [7, 11) is 0. The van der Waals surface area contributed by atoms with E-state index < -0.39 is 23.0 Å². The van der Waals surface area contributed by atoms with Gasteiger partial charge in [0.25, 0.3) is 0 Å². The quantitative estimate of drug-likeness (QED) is 0.563. The zero-order chi connectivity index (χ0) is 22.4. The second-order valence-corrected chi connectivity index (χ2v) is 10.2. The van der Waals surface area contributed by atoms with Crippen LogP contribution in [0.5, 0.6) is 0 Å². The van der Waals surface area contributed by atoms with E-state index in [-0.39, 0.29) is 5.78 Å². The van der Waals surface area contributed by atoms with Gasteiger partial charge in [0.2, 0.25) is 0 Å². The number of hydrogen-bond donors (Lipinski definition) is 2. The largest absolute Gasteiger partial charge is 0.389 e. The molecule has 0 spiro atoms. The van der Waals surface area contributed by atoms with Crippen molar-refractivity contribution >= 4 is 5.78 Å². The highest BCUT2D eigenvalue weighted by Crippen LogP contribution is 2.43. The highest BCUT2D eigenvalue weighted by Gasteiger charge is 2.49. The molecule has 0 aromatic heterocycles. The predicted octanol–water partition coefficient (Wildman–Crippen LogP) is 5.66. The van der Waals surface area contributed by atoms with Crippen LogP contribution in [0.3, 0.4) is 0 Å². The van der Waals surface area contributed by atoms with Crippen LogP contribution in [0.4, 0.5) is 0 Å². The van der Waals surface area contributed by atoms with Gasteiger partial charge in [-0.15, -0.1) is 0 Å². The van der Waals surface area contributed by atoms with Crippen LogP contribution in [0, 0.1) is 11.8 Å². The van der Waals surface area contributed by atoms with Crippen molar-refractivity contribution in [2.75, 3.05) is 0 Å². The molecule has 2 saturated carbocycles. The molecule has 32 heavy (non-hydrogen) atoms. The van der Waals surface area contributed by atoms with Gasteiger partial charge in [-0.2, -0.15) is 0 Å². The molecule has 0 heterocycles. The van der Waals surface area contributed by atoms with Gasteiger partial charge in [-0.3, -0.25) is 4.79 Å². The Morgan fingerprint density at radius 2 is 0.969 bits per heavy atom. The van der Waals surface area contributed by atoms with Gasteiger partial charge >= 0.3 is 0 Å². The van der Waals surface area contributed by atoms with Crippen LogP contribution < -0.4 is 0 Å². The van der Waals surface area contributed by atoms with Gasteiger partial charge in [0.05, 0.1) is 23.0 Å². The molecule has 0 radical (unpaired) electrons. The van der Waals surface area contributed by atoms with Crippen molar-refractivity contribution in [1.29, 1.82) is 0 Å². The summed E-state index contributed by atoms with van der Waals surface area (Å²) in [6.45, 7) is 0. The number of aliphatic hydroxyl groups is 2. The van der Waals surface area contributed by atoms with Crippen molar-refractivity contribution in [2.24, 2.45) is 11.8 Å². The minimum absolute atomic E-state index is 0.0616. The number of hydrogen-bond acceptors (Lipinski definition) is 3. The van der Waals surface area contributed by atoms with E-state index in [2.05, 4.69) is 0 Å². The SMILES string of the molecule is O=C(C(Cc1ccccc1)C1(O)CCCCC1)C(Cc1ccccc1)C1(O)CCCCC1. The van der Waals surface area contributed by atoms with E-state index in [0.29, 0.717) is 38.5 Å². The summed E-state index contributed by atoms with van der Waals surface area (Å²) in [4.78, 5) is 14.3. The molecule has 2 aliphatic rings. The first kappa shape index (κ1) is 23.2. The van der Waals surface area contributed by atoms with E-state index in [1.54, 1.807) is 0 Å². The fourth-order valence-corrected chi connectivity index (χ4v) is 6.08. The molecule has 2 unspecified atom stereocenters. The lowest BCUT2D eigenvalue weighted by Crippen LogP contribution is -2.53. The molecule has 2 aromatic carbocycles. The Morgan fingerprint density at radius 3 is 1.31 bits per heavy atom. The van der Waals surface area contributed by atoms with E-state index >= 15 is 0 Å². The van der Waals surface area contributed by atoms with Gasteiger partial charge in [0, 0.05) is 0 Å². The van der Waals surface area contributed by atoms with E-state index in [0.717, 1.165) is 49.7 Å². The molecule has 2 aromatic rings. The van der Waals surface area contributed by atoms with Crippen molar-refractivity contribution < 1.29 is 15.0 Å². The molecule has 2 aliphatic carbocycles. The van der Waals surface area contributed by atoms with Gasteiger partial charge in [-0.1, -0.05) is 99.2 Å². The third-order valence-corrected chi connectivity index (χ3v) is 7.99. The average molecular weight is 435 g/mol. The van der Waals surface area contributed by atoms with Crippen molar-refractivity contribution in [3.8, 4) is 0 Å². The van der Waals surface area contributed by atoms with Crippen molar-refractivity contribution in [3.05, 3.63) is 71.8 Å². The summed E-state index contributed by atoms with van der Waals surface area (Å²) in [5, 5.41) is 23.5. The van der Waals surface area contributed by atoms with Crippen LogP contribution in [-0.4, -0.2) is 27.2 Å². The van der Waals surface area contributed by atoms with Crippen molar-refractivity contribution in [1.82, 2.24) is 0 Å². The van der Waals surface area contributed by atoms with E-state index in [1.165, 1.54) is 0 Å².